The Morgan fingerprint density at radius 3 is 2.69 bits per heavy atom. The predicted octanol–water partition coefficient (Wildman–Crippen LogP) is 6.37. The number of alkyl halides is 3. The first-order valence-electron chi connectivity index (χ1n) is 15.9. The van der Waals surface area contributed by atoms with Crippen molar-refractivity contribution in [1.29, 1.82) is 0 Å². The number of hydrogen-bond acceptors (Lipinski definition) is 8. The lowest BCUT2D eigenvalue weighted by Gasteiger charge is -2.41. The van der Waals surface area contributed by atoms with Gasteiger partial charge in [0.1, 0.15) is 29.6 Å². The highest BCUT2D eigenvalue weighted by atomic mass is 19.4. The molecule has 0 amide bonds. The molecule has 0 spiro atoms. The average Bonchev–Trinajstić information content (AvgIpc) is 3.67. The molecule has 1 unspecified atom stereocenters. The summed E-state index contributed by atoms with van der Waals surface area (Å²) in [6.45, 7) is 6.37. The third kappa shape index (κ3) is 4.67. The molecule has 2 bridgehead atoms. The van der Waals surface area contributed by atoms with Crippen LogP contribution in [0.3, 0.4) is 0 Å². The van der Waals surface area contributed by atoms with Crippen LogP contribution in [0.15, 0.2) is 24.3 Å². The minimum Gasteiger partial charge on any atom is -0.461 e. The van der Waals surface area contributed by atoms with Crippen LogP contribution in [0.5, 0.6) is 6.01 Å². The number of anilines is 2. The van der Waals surface area contributed by atoms with Crippen LogP contribution in [0.2, 0.25) is 0 Å². The van der Waals surface area contributed by atoms with Crippen molar-refractivity contribution in [3.63, 3.8) is 0 Å². The Balaban J connectivity index is 1.35. The van der Waals surface area contributed by atoms with Crippen LogP contribution in [0.1, 0.15) is 55.2 Å². The minimum atomic E-state index is -5.02. The Bertz CT molecular complexity index is 1930. The number of nitrogens with two attached hydrogens (primary N) is 1. The minimum absolute atomic E-state index is 0.0168. The molecule has 7 heterocycles. The van der Waals surface area contributed by atoms with Crippen molar-refractivity contribution >= 4 is 28.1 Å². The fourth-order valence-corrected chi connectivity index (χ4v) is 8.72. The maximum atomic E-state index is 16.9. The van der Waals surface area contributed by atoms with E-state index in [1.807, 2.05) is 9.80 Å². The standard InChI is InChI=1S/C33H32F7N7O/c1-14-8-19-18-5-4-17(42-18)12-47(19)30-22-21(14)25(34)23(27-24(33(38,39)40)15(2)9-20(41)43-27)26(35)28(22)44-31(45-30)48-13-32-6-3-7-46(32)11-16(10-32)29(36)37/h9,17-19,42H,1,3-8,10-13H2,2H3,(H2,41,43)/t17-,18?,19-,32+/m1/s1. The van der Waals surface area contributed by atoms with Crippen LogP contribution in [-0.2, 0) is 6.18 Å². The van der Waals surface area contributed by atoms with Gasteiger partial charge in [0.05, 0.1) is 27.7 Å². The van der Waals surface area contributed by atoms with Gasteiger partial charge in [-0.25, -0.2) is 13.8 Å². The lowest BCUT2D eigenvalue weighted by Crippen LogP contribution is -2.58. The van der Waals surface area contributed by atoms with E-state index in [-0.39, 0.29) is 89.4 Å². The smallest absolute Gasteiger partial charge is 0.418 e. The van der Waals surface area contributed by atoms with E-state index in [1.165, 1.54) is 0 Å². The Morgan fingerprint density at radius 1 is 1.15 bits per heavy atom. The van der Waals surface area contributed by atoms with Gasteiger partial charge in [-0.1, -0.05) is 6.58 Å². The van der Waals surface area contributed by atoms with Gasteiger partial charge in [0, 0.05) is 42.4 Å². The van der Waals surface area contributed by atoms with E-state index in [9.17, 15) is 22.0 Å². The first-order chi connectivity index (χ1) is 22.8. The predicted molar refractivity (Wildman–Crippen MR) is 164 cm³/mol. The number of hydrogen-bond donors (Lipinski definition) is 2. The number of pyridine rings is 1. The van der Waals surface area contributed by atoms with Crippen molar-refractivity contribution in [1.82, 2.24) is 25.2 Å². The van der Waals surface area contributed by atoms with E-state index in [0.717, 1.165) is 32.3 Å². The number of nitrogens with one attached hydrogen (secondary N) is 1. The summed E-state index contributed by atoms with van der Waals surface area (Å²) in [5, 5.41) is 3.55. The van der Waals surface area contributed by atoms with Crippen molar-refractivity contribution in [2.24, 2.45) is 0 Å². The Labute approximate surface area is 270 Å². The number of benzene rings is 1. The molecule has 0 saturated carbocycles. The molecule has 254 valence electrons. The molecule has 8 rings (SSSR count). The zero-order valence-electron chi connectivity index (χ0n) is 26.0. The summed E-state index contributed by atoms with van der Waals surface area (Å²) in [6.07, 6.45) is -3.35. The van der Waals surface area contributed by atoms with Gasteiger partial charge in [-0.2, -0.15) is 31.9 Å². The molecule has 5 aliphatic rings. The van der Waals surface area contributed by atoms with E-state index in [0.29, 0.717) is 19.5 Å². The van der Waals surface area contributed by atoms with Crippen molar-refractivity contribution in [2.45, 2.75) is 75.3 Å². The van der Waals surface area contributed by atoms with Crippen molar-refractivity contribution < 1.29 is 35.5 Å². The van der Waals surface area contributed by atoms with Crippen LogP contribution in [0, 0.1) is 18.6 Å². The molecule has 4 atom stereocenters. The fourth-order valence-electron chi connectivity index (χ4n) is 8.72. The summed E-state index contributed by atoms with van der Waals surface area (Å²) < 4.78 is 110. The molecule has 3 N–H and O–H groups in total. The maximum Gasteiger partial charge on any atom is 0.418 e. The number of ether oxygens (including phenoxy) is 1. The van der Waals surface area contributed by atoms with Crippen molar-refractivity contribution in [3.05, 3.63) is 52.6 Å². The highest BCUT2D eigenvalue weighted by Crippen LogP contribution is 2.49. The van der Waals surface area contributed by atoms with Crippen LogP contribution in [0.4, 0.5) is 42.4 Å². The number of aromatic nitrogens is 3. The van der Waals surface area contributed by atoms with Gasteiger partial charge >= 0.3 is 12.2 Å². The molecule has 5 aliphatic heterocycles. The second kappa shape index (κ2) is 10.8. The normalized spacial score (nSPS) is 26.7. The number of nitrogens with zero attached hydrogens (tertiary/aromatic N) is 5. The van der Waals surface area contributed by atoms with Crippen LogP contribution in [-0.4, -0.2) is 69.8 Å². The largest absolute Gasteiger partial charge is 0.461 e. The van der Waals surface area contributed by atoms with E-state index >= 15 is 8.78 Å². The number of nitrogen functional groups attached to an aromatic ring is 1. The van der Waals surface area contributed by atoms with Crippen LogP contribution < -0.4 is 20.7 Å². The van der Waals surface area contributed by atoms with Crippen molar-refractivity contribution in [2.75, 3.05) is 36.9 Å². The van der Waals surface area contributed by atoms with Gasteiger partial charge in [-0.05, 0) is 69.2 Å². The summed E-state index contributed by atoms with van der Waals surface area (Å²) in [5.41, 5.74) is 1.04. The van der Waals surface area contributed by atoms with Gasteiger partial charge in [0.25, 0.3) is 6.08 Å². The van der Waals surface area contributed by atoms with Gasteiger partial charge in [0.15, 0.2) is 5.82 Å². The van der Waals surface area contributed by atoms with Gasteiger partial charge < -0.3 is 20.7 Å². The van der Waals surface area contributed by atoms with Crippen molar-refractivity contribution in [3.8, 4) is 17.3 Å². The van der Waals surface area contributed by atoms with Crippen LogP contribution in [0.25, 0.3) is 27.7 Å². The maximum absolute atomic E-state index is 16.9. The summed E-state index contributed by atoms with van der Waals surface area (Å²) in [4.78, 5) is 16.8. The number of piperazine rings is 1. The topological polar surface area (TPSA) is 92.4 Å². The van der Waals surface area contributed by atoms with E-state index < -0.39 is 51.8 Å². The first-order valence-corrected chi connectivity index (χ1v) is 15.9. The lowest BCUT2D eigenvalue weighted by molar-refractivity contribution is -0.137. The molecule has 4 saturated heterocycles. The SMILES string of the molecule is C=C1C[C@@H]2C3CC[C@H](CN2c2nc(OC[C@@]45CCCN4CC(=C(F)F)C5)nc4c(F)c(-c5nc(N)cc(C)c5C(F)(F)F)c(F)c1c24)N3. The molecule has 1 aromatic carbocycles. The summed E-state index contributed by atoms with van der Waals surface area (Å²) in [7, 11) is 0. The zero-order chi connectivity index (χ0) is 33.9. The molecule has 2 aromatic heterocycles. The van der Waals surface area contributed by atoms with E-state index in [2.05, 4.69) is 21.9 Å². The molecular formula is C33H32F7N7O. The zero-order valence-corrected chi connectivity index (χ0v) is 26.0. The number of aryl methyl sites for hydroxylation is 1. The molecule has 3 aromatic rings. The summed E-state index contributed by atoms with van der Waals surface area (Å²) >= 11 is 0. The molecule has 0 radical (unpaired) electrons. The molecule has 48 heavy (non-hydrogen) atoms. The Kier molecular flexibility index (Phi) is 7.02. The Morgan fingerprint density at radius 2 is 1.94 bits per heavy atom. The molecular weight excluding hydrogens is 643 g/mol. The van der Waals surface area contributed by atoms with Gasteiger partial charge in [-0.3, -0.25) is 4.90 Å². The fraction of sp³-hybridized carbons (Fsp3) is 0.485. The number of fused-ring (bicyclic) bond motifs is 6. The third-order valence-electron chi connectivity index (χ3n) is 10.8. The lowest BCUT2D eigenvalue weighted by atomic mass is 9.90. The number of halogens is 7. The average molecular weight is 676 g/mol. The Hall–Kier alpha value is -3.98. The van der Waals surface area contributed by atoms with E-state index in [4.69, 9.17) is 15.5 Å². The summed E-state index contributed by atoms with van der Waals surface area (Å²) in [6, 6.07) is 0.510. The van der Waals surface area contributed by atoms with Crippen LogP contribution >= 0.6 is 0 Å². The molecule has 15 heteroatoms. The number of rotatable bonds is 4. The van der Waals surface area contributed by atoms with Gasteiger partial charge in [0.2, 0.25) is 0 Å². The highest BCUT2D eigenvalue weighted by molar-refractivity contribution is 6.03. The molecule has 8 nitrogen and oxygen atoms in total. The second-order valence-electron chi connectivity index (χ2n) is 13.7. The molecule has 0 aliphatic carbocycles. The monoisotopic (exact) mass is 675 g/mol. The molecule has 4 fully saturated rings. The summed E-state index contributed by atoms with van der Waals surface area (Å²) in [5.74, 6) is -2.80. The highest BCUT2D eigenvalue weighted by Gasteiger charge is 2.49. The quantitative estimate of drug-likeness (QED) is 0.309. The van der Waals surface area contributed by atoms with Gasteiger partial charge in [-0.15, -0.1) is 0 Å². The first kappa shape index (κ1) is 31.3. The van der Waals surface area contributed by atoms with E-state index in [1.54, 1.807) is 0 Å². The third-order valence-corrected chi connectivity index (χ3v) is 10.8. The second-order valence-corrected chi connectivity index (χ2v) is 13.7.